The Morgan fingerprint density at radius 1 is 1.05 bits per heavy atom. The number of hydrogen-bond acceptors (Lipinski definition) is 6. The van der Waals surface area contributed by atoms with Gasteiger partial charge in [-0.15, -0.1) is 0 Å². The van der Waals surface area contributed by atoms with Gasteiger partial charge in [-0.3, -0.25) is 14.3 Å². The molecule has 1 atom stereocenters. The van der Waals surface area contributed by atoms with E-state index in [1.54, 1.807) is 42.5 Å². The molecule has 2 amide bonds. The lowest BCUT2D eigenvalue weighted by Crippen LogP contribution is -2.46. The molecule has 2 heterocycles. The van der Waals surface area contributed by atoms with Gasteiger partial charge in [0.25, 0.3) is 0 Å². The highest BCUT2D eigenvalue weighted by Crippen LogP contribution is 2.37. The van der Waals surface area contributed by atoms with Gasteiger partial charge in [-0.1, -0.05) is 31.0 Å². The van der Waals surface area contributed by atoms with Crippen LogP contribution in [0.25, 0.3) is 0 Å². The first-order chi connectivity index (χ1) is 21.2. The van der Waals surface area contributed by atoms with E-state index in [0.29, 0.717) is 53.3 Å². The Morgan fingerprint density at radius 3 is 2.50 bits per heavy atom. The molecule has 0 radical (unpaired) electrons. The second-order valence-corrected chi connectivity index (χ2v) is 11.5. The first-order valence-electron chi connectivity index (χ1n) is 15.0. The van der Waals surface area contributed by atoms with Gasteiger partial charge in [0.1, 0.15) is 18.3 Å². The van der Waals surface area contributed by atoms with Crippen LogP contribution in [0.5, 0.6) is 17.2 Å². The van der Waals surface area contributed by atoms with Crippen molar-refractivity contribution in [1.82, 2.24) is 20.0 Å². The average Bonchev–Trinajstić information content (AvgIpc) is 3.77. The summed E-state index contributed by atoms with van der Waals surface area (Å²) in [4.78, 5) is 29.8. The Balaban J connectivity index is 1.39. The molecule has 2 aliphatic carbocycles. The number of hydrogen-bond donors (Lipinski definition) is 1. The summed E-state index contributed by atoms with van der Waals surface area (Å²) in [6.07, 6.45) is 1.07. The molecule has 1 N–H and O–H groups in total. The molecule has 0 saturated heterocycles. The van der Waals surface area contributed by atoms with Crippen LogP contribution >= 0.6 is 0 Å². The van der Waals surface area contributed by atoms with Crippen molar-refractivity contribution in [3.63, 3.8) is 0 Å². The highest BCUT2D eigenvalue weighted by molar-refractivity contribution is 5.89. The number of aromatic nitrogens is 2. The minimum absolute atomic E-state index is 0.000156. The molecule has 0 unspecified atom stereocenters. The van der Waals surface area contributed by atoms with Crippen LogP contribution in [-0.4, -0.2) is 46.4 Å². The van der Waals surface area contributed by atoms with E-state index in [1.165, 1.54) is 16.7 Å². The Kier molecular flexibility index (Phi) is 8.42. The maximum Gasteiger partial charge on any atom is 0.435 e. The Hall–Kier alpha value is -4.22. The quantitative estimate of drug-likeness (QED) is 0.350. The molecular formula is C32H35F3N4O5. The summed E-state index contributed by atoms with van der Waals surface area (Å²) in [5, 5.41) is 7.04. The van der Waals surface area contributed by atoms with Gasteiger partial charge in [-0.2, -0.15) is 18.3 Å². The maximum absolute atomic E-state index is 14.3. The third-order valence-electron chi connectivity index (χ3n) is 8.61. The summed E-state index contributed by atoms with van der Waals surface area (Å²) < 4.78 is 59.3. The fourth-order valence-corrected chi connectivity index (χ4v) is 6.42. The third kappa shape index (κ3) is 6.20. The van der Waals surface area contributed by atoms with Crippen LogP contribution < -0.4 is 19.5 Å². The fourth-order valence-electron chi connectivity index (χ4n) is 6.42. The number of amides is 2. The molecule has 6 rings (SSSR count). The lowest BCUT2D eigenvalue weighted by Gasteiger charge is -2.33. The lowest BCUT2D eigenvalue weighted by atomic mass is 9.95. The van der Waals surface area contributed by atoms with Crippen LogP contribution in [0.1, 0.15) is 72.6 Å². The molecule has 1 aromatic heterocycles. The summed E-state index contributed by atoms with van der Waals surface area (Å²) in [6.45, 7) is -0.363. The first-order valence-corrected chi connectivity index (χ1v) is 15.0. The van der Waals surface area contributed by atoms with Gasteiger partial charge in [0.15, 0.2) is 17.2 Å². The molecule has 3 aliphatic rings. The normalized spacial score (nSPS) is 16.8. The van der Waals surface area contributed by atoms with Gasteiger partial charge in [0.2, 0.25) is 18.6 Å². The maximum atomic E-state index is 14.3. The van der Waals surface area contributed by atoms with Crippen molar-refractivity contribution in [3.05, 3.63) is 70.5 Å². The highest BCUT2D eigenvalue weighted by atomic mass is 19.4. The highest BCUT2D eigenvalue weighted by Gasteiger charge is 2.40. The molecule has 234 valence electrons. The second kappa shape index (κ2) is 12.4. The molecule has 1 saturated carbocycles. The molecule has 9 nitrogen and oxygen atoms in total. The predicted molar refractivity (Wildman–Crippen MR) is 153 cm³/mol. The van der Waals surface area contributed by atoms with E-state index >= 15 is 0 Å². The van der Waals surface area contributed by atoms with Crippen LogP contribution in [0.15, 0.2) is 42.5 Å². The number of rotatable bonds is 9. The largest absolute Gasteiger partial charge is 0.497 e. The average molecular weight is 613 g/mol. The zero-order chi connectivity index (χ0) is 30.8. The first kappa shape index (κ1) is 29.8. The van der Waals surface area contributed by atoms with Crippen molar-refractivity contribution in [1.29, 1.82) is 0 Å². The fraction of sp³-hybridized carbons (Fsp3) is 0.469. The van der Waals surface area contributed by atoms with E-state index < -0.39 is 30.4 Å². The molecule has 2 aromatic carbocycles. The topological polar surface area (TPSA) is 94.9 Å². The van der Waals surface area contributed by atoms with Crippen molar-refractivity contribution >= 4 is 11.8 Å². The monoisotopic (exact) mass is 612 g/mol. The van der Waals surface area contributed by atoms with Crippen molar-refractivity contribution < 1.29 is 37.0 Å². The van der Waals surface area contributed by atoms with Gasteiger partial charge < -0.3 is 24.4 Å². The Labute approximate surface area is 253 Å². The van der Waals surface area contributed by atoms with Crippen LogP contribution in [-0.2, 0) is 41.7 Å². The number of methoxy groups -OCH3 is 1. The molecule has 0 spiro atoms. The molecule has 3 aromatic rings. The number of carbonyl (C=O) groups excluding carboxylic acids is 2. The summed E-state index contributed by atoms with van der Waals surface area (Å²) in [5.74, 6) is 0.784. The van der Waals surface area contributed by atoms with Crippen molar-refractivity contribution in [2.45, 2.75) is 82.7 Å². The molecule has 1 fully saturated rings. The van der Waals surface area contributed by atoms with Crippen molar-refractivity contribution in [2.24, 2.45) is 0 Å². The SMILES string of the molecule is COc1ccc([C@H](C(=O)NC2CCCC2)N(Cc2ccc3c(c2)OCO3)C(=O)Cn2nc(C(F)(F)F)c3c2CCCC3)cc1. The van der Waals surface area contributed by atoms with Gasteiger partial charge >= 0.3 is 6.18 Å². The molecule has 1 aliphatic heterocycles. The summed E-state index contributed by atoms with van der Waals surface area (Å²) in [5.41, 5.74) is 0.871. The van der Waals surface area contributed by atoms with E-state index in [1.807, 2.05) is 0 Å². The van der Waals surface area contributed by atoms with Crippen LogP contribution in [0, 0.1) is 0 Å². The molecule has 12 heteroatoms. The number of benzene rings is 2. The minimum atomic E-state index is -4.63. The standard InChI is InChI=1S/C32H35F3N4O5/c1-42-23-13-11-21(12-14-23)29(31(41)36-22-6-2-3-7-22)38(17-20-10-15-26-27(16-20)44-19-43-26)28(40)18-39-25-9-5-4-8-24(25)30(37-39)32(33,34)35/h10-16,22,29H,2-9,17-19H2,1H3,(H,36,41)/t29-/m1/s1. The molecule has 0 bridgehead atoms. The van der Waals surface area contributed by atoms with E-state index in [0.717, 1.165) is 25.7 Å². The van der Waals surface area contributed by atoms with Gasteiger partial charge in [0.05, 0.1) is 7.11 Å². The van der Waals surface area contributed by atoms with Crippen LogP contribution in [0.2, 0.25) is 0 Å². The Morgan fingerprint density at radius 2 is 1.77 bits per heavy atom. The smallest absolute Gasteiger partial charge is 0.435 e. The number of ether oxygens (including phenoxy) is 3. The third-order valence-corrected chi connectivity index (χ3v) is 8.61. The van der Waals surface area contributed by atoms with E-state index in [9.17, 15) is 22.8 Å². The summed E-state index contributed by atoms with van der Waals surface area (Å²) in [7, 11) is 1.54. The molecule has 44 heavy (non-hydrogen) atoms. The van der Waals surface area contributed by atoms with Crippen LogP contribution in [0.4, 0.5) is 13.2 Å². The number of alkyl halides is 3. The van der Waals surface area contributed by atoms with Crippen molar-refractivity contribution in [3.8, 4) is 17.2 Å². The zero-order valence-electron chi connectivity index (χ0n) is 24.5. The summed E-state index contributed by atoms with van der Waals surface area (Å²) in [6, 6.07) is 11.1. The number of nitrogens with zero attached hydrogens (tertiary/aromatic N) is 3. The molecular weight excluding hydrogens is 577 g/mol. The van der Waals surface area contributed by atoms with E-state index in [-0.39, 0.29) is 37.3 Å². The van der Waals surface area contributed by atoms with Crippen LogP contribution in [0.3, 0.4) is 0 Å². The van der Waals surface area contributed by atoms with Gasteiger partial charge in [0, 0.05) is 23.8 Å². The Bertz CT molecular complexity index is 1520. The van der Waals surface area contributed by atoms with E-state index in [2.05, 4.69) is 10.4 Å². The van der Waals surface area contributed by atoms with Gasteiger partial charge in [-0.25, -0.2) is 0 Å². The predicted octanol–water partition coefficient (Wildman–Crippen LogP) is 5.35. The number of nitrogens with one attached hydrogen (secondary N) is 1. The zero-order valence-corrected chi connectivity index (χ0v) is 24.5. The van der Waals surface area contributed by atoms with Gasteiger partial charge in [-0.05, 0) is 73.9 Å². The summed E-state index contributed by atoms with van der Waals surface area (Å²) >= 11 is 0. The lowest BCUT2D eigenvalue weighted by molar-refractivity contribution is -0.144. The van der Waals surface area contributed by atoms with Crippen molar-refractivity contribution in [2.75, 3.05) is 13.9 Å². The number of halogens is 3. The number of carbonyl (C=O) groups is 2. The minimum Gasteiger partial charge on any atom is -0.497 e. The number of fused-ring (bicyclic) bond motifs is 2. The van der Waals surface area contributed by atoms with E-state index in [4.69, 9.17) is 14.2 Å². The second-order valence-electron chi connectivity index (χ2n) is 11.5.